The number of aryl methyl sites for hydroxylation is 2. The second-order valence-electron chi connectivity index (χ2n) is 13.6. The van der Waals surface area contributed by atoms with Crippen molar-refractivity contribution in [3.63, 3.8) is 0 Å². The number of hydrogen-bond acceptors (Lipinski definition) is 9. The average Bonchev–Trinajstić information content (AvgIpc) is 3.23. The molecule has 0 spiro atoms. The largest absolute Gasteiger partial charge is 0.381 e. The Bertz CT molecular complexity index is 995. The third-order valence-corrected chi connectivity index (χ3v) is 10.1. The summed E-state index contributed by atoms with van der Waals surface area (Å²) in [5.74, 6) is -0.00469. The molecule has 0 fully saturated rings. The van der Waals surface area contributed by atoms with Gasteiger partial charge in [0, 0.05) is 18.6 Å². The van der Waals surface area contributed by atoms with Gasteiger partial charge in [0.25, 0.3) is 20.2 Å². The van der Waals surface area contributed by atoms with Gasteiger partial charge in [0.2, 0.25) is 0 Å². The fourth-order valence-electron chi connectivity index (χ4n) is 4.24. The van der Waals surface area contributed by atoms with Crippen LogP contribution in [0.3, 0.4) is 0 Å². The van der Waals surface area contributed by atoms with E-state index in [1.165, 1.54) is 11.1 Å². The molecule has 1 aromatic heterocycles. The van der Waals surface area contributed by atoms with Crippen molar-refractivity contribution >= 4 is 31.6 Å². The van der Waals surface area contributed by atoms with Crippen LogP contribution >= 0.6 is 11.3 Å². The predicted octanol–water partition coefficient (Wildman–Crippen LogP) is 5.99. The van der Waals surface area contributed by atoms with E-state index in [-0.39, 0.29) is 41.0 Å². The molecule has 1 aliphatic carbocycles. The zero-order chi connectivity index (χ0) is 29.9. The monoisotopic (exact) mass is 624 g/mol. The van der Waals surface area contributed by atoms with E-state index in [1.807, 2.05) is 41.5 Å². The van der Waals surface area contributed by atoms with E-state index in [9.17, 15) is 16.8 Å². The minimum Gasteiger partial charge on any atom is -0.381 e. The Morgan fingerprint density at radius 1 is 0.700 bits per heavy atom. The summed E-state index contributed by atoms with van der Waals surface area (Å²) in [7, 11) is -7.05. The van der Waals surface area contributed by atoms with Crippen molar-refractivity contribution in [2.45, 2.75) is 92.9 Å². The second kappa shape index (κ2) is 15.8. The van der Waals surface area contributed by atoms with Gasteiger partial charge >= 0.3 is 0 Å². The fourth-order valence-corrected chi connectivity index (χ4v) is 7.59. The van der Waals surface area contributed by atoms with E-state index in [0.717, 1.165) is 25.7 Å². The molecule has 1 aromatic rings. The lowest BCUT2D eigenvalue weighted by molar-refractivity contribution is -0.0317. The van der Waals surface area contributed by atoms with Crippen LogP contribution in [0.15, 0.2) is 10.8 Å². The van der Waals surface area contributed by atoms with E-state index < -0.39 is 20.2 Å². The molecule has 0 bridgehead atoms. The maximum atomic E-state index is 12.1. The third kappa shape index (κ3) is 15.1. The maximum Gasteiger partial charge on any atom is 0.267 e. The van der Waals surface area contributed by atoms with Gasteiger partial charge in [-0.2, -0.15) is 28.2 Å². The van der Waals surface area contributed by atoms with E-state index >= 15 is 0 Å². The number of hydrogen-bond donors (Lipinski definition) is 0. The van der Waals surface area contributed by atoms with Crippen LogP contribution in [0.1, 0.15) is 91.2 Å². The van der Waals surface area contributed by atoms with Gasteiger partial charge < -0.3 is 9.47 Å². The Morgan fingerprint density at radius 3 is 1.48 bits per heavy atom. The molecule has 0 radical (unpaired) electrons. The Hall–Kier alpha value is -0.560. The normalized spacial score (nSPS) is 16.6. The first-order valence-electron chi connectivity index (χ1n) is 14.4. The minimum absolute atomic E-state index is 0.00235. The Balaban J connectivity index is 1.76. The quantitative estimate of drug-likeness (QED) is 0.111. The van der Waals surface area contributed by atoms with Crippen molar-refractivity contribution in [2.75, 3.05) is 51.1 Å². The zero-order valence-electron chi connectivity index (χ0n) is 25.5. The van der Waals surface area contributed by atoms with Crippen molar-refractivity contribution in [3.8, 4) is 0 Å². The lowest BCUT2D eigenvalue weighted by Gasteiger charge is -2.32. The van der Waals surface area contributed by atoms with Gasteiger partial charge in [-0.3, -0.25) is 8.37 Å². The van der Waals surface area contributed by atoms with Crippen molar-refractivity contribution in [1.29, 1.82) is 0 Å². The zero-order valence-corrected chi connectivity index (χ0v) is 27.9. The molecule has 0 aromatic carbocycles. The van der Waals surface area contributed by atoms with Gasteiger partial charge in [-0.05, 0) is 84.1 Å². The molecule has 8 nitrogen and oxygen atoms in total. The molecule has 0 saturated heterocycles. The molecular formula is C29H52O8S3. The average molecular weight is 625 g/mol. The molecule has 0 saturated carbocycles. The van der Waals surface area contributed by atoms with Gasteiger partial charge in [-0.1, -0.05) is 41.5 Å². The maximum absolute atomic E-state index is 12.1. The molecule has 40 heavy (non-hydrogen) atoms. The smallest absolute Gasteiger partial charge is 0.267 e. The predicted molar refractivity (Wildman–Crippen MR) is 162 cm³/mol. The van der Waals surface area contributed by atoms with Gasteiger partial charge in [0.1, 0.15) is 0 Å². The standard InChI is InChI=1S/C29H52O8S3/c1-27(2,3)21-36-39(30,31)17-9-7-15-34-23-29(13-11-25-19-38-20-26(25)12-14-29)24-35-16-8-10-18-40(32,33)37-22-28(4,5)6/h19-20H,7-18,21-24H2,1-6H3. The molecule has 0 N–H and O–H groups in total. The van der Waals surface area contributed by atoms with Crippen LogP contribution in [0.2, 0.25) is 0 Å². The first-order chi connectivity index (χ1) is 18.5. The van der Waals surface area contributed by atoms with Crippen LogP contribution in [-0.2, 0) is 50.9 Å². The van der Waals surface area contributed by atoms with Crippen molar-refractivity contribution < 1.29 is 34.7 Å². The van der Waals surface area contributed by atoms with Crippen molar-refractivity contribution in [1.82, 2.24) is 0 Å². The summed E-state index contributed by atoms with van der Waals surface area (Å²) in [6.45, 7) is 14.1. The lowest BCUT2D eigenvalue weighted by Crippen LogP contribution is -2.33. The van der Waals surface area contributed by atoms with Gasteiger partial charge in [-0.15, -0.1) is 0 Å². The SMILES string of the molecule is CC(C)(C)COS(=O)(=O)CCCCOCC1(COCCCCS(=O)(=O)OCC(C)(C)C)CCc2cscc2CC1. The summed E-state index contributed by atoms with van der Waals surface area (Å²) in [5, 5.41) is 4.47. The van der Waals surface area contributed by atoms with Crippen LogP contribution in [-0.4, -0.2) is 68.0 Å². The van der Waals surface area contributed by atoms with Crippen LogP contribution in [0.5, 0.6) is 0 Å². The Morgan fingerprint density at radius 2 is 1.10 bits per heavy atom. The van der Waals surface area contributed by atoms with E-state index in [0.29, 0.717) is 52.1 Å². The third-order valence-electron chi connectivity index (χ3n) is 6.71. The fraction of sp³-hybridized carbons (Fsp3) is 0.862. The Kier molecular flexibility index (Phi) is 14.1. The highest BCUT2D eigenvalue weighted by Gasteiger charge is 2.33. The second-order valence-corrected chi connectivity index (χ2v) is 17.9. The van der Waals surface area contributed by atoms with E-state index in [2.05, 4.69) is 10.8 Å². The summed E-state index contributed by atoms with van der Waals surface area (Å²) < 4.78 is 71.0. The molecule has 0 amide bonds. The minimum atomic E-state index is -3.52. The molecular weight excluding hydrogens is 573 g/mol. The number of ether oxygens (including phenoxy) is 2. The number of rotatable bonds is 18. The van der Waals surface area contributed by atoms with Crippen molar-refractivity contribution in [3.05, 3.63) is 21.9 Å². The topological polar surface area (TPSA) is 105 Å². The summed E-state index contributed by atoms with van der Waals surface area (Å²) in [6.07, 6.45) is 6.17. The van der Waals surface area contributed by atoms with Gasteiger partial charge in [0.05, 0.1) is 37.9 Å². The molecule has 234 valence electrons. The van der Waals surface area contributed by atoms with Gasteiger partial charge in [0.15, 0.2) is 0 Å². The van der Waals surface area contributed by atoms with Gasteiger partial charge in [-0.25, -0.2) is 0 Å². The number of thiophene rings is 1. The van der Waals surface area contributed by atoms with E-state index in [1.54, 1.807) is 11.3 Å². The summed E-state index contributed by atoms with van der Waals surface area (Å²) in [4.78, 5) is 0. The summed E-state index contributed by atoms with van der Waals surface area (Å²) >= 11 is 1.75. The number of fused-ring (bicyclic) bond motifs is 1. The molecule has 2 rings (SSSR count). The van der Waals surface area contributed by atoms with Crippen LogP contribution in [0, 0.1) is 16.2 Å². The summed E-state index contributed by atoms with van der Waals surface area (Å²) in [5.41, 5.74) is 2.29. The molecule has 1 heterocycles. The molecule has 11 heteroatoms. The molecule has 0 atom stereocenters. The van der Waals surface area contributed by atoms with Crippen LogP contribution < -0.4 is 0 Å². The van der Waals surface area contributed by atoms with E-state index in [4.69, 9.17) is 17.8 Å². The molecule has 0 unspecified atom stereocenters. The highest BCUT2D eigenvalue weighted by atomic mass is 32.2. The first kappa shape index (κ1) is 35.6. The van der Waals surface area contributed by atoms with Crippen molar-refractivity contribution in [2.24, 2.45) is 16.2 Å². The first-order valence-corrected chi connectivity index (χ1v) is 18.5. The molecule has 1 aliphatic rings. The lowest BCUT2D eigenvalue weighted by atomic mass is 9.81. The highest BCUT2D eigenvalue weighted by Crippen LogP contribution is 2.37. The number of unbranched alkanes of at least 4 members (excludes halogenated alkanes) is 2. The van der Waals surface area contributed by atoms with Crippen LogP contribution in [0.4, 0.5) is 0 Å². The highest BCUT2D eigenvalue weighted by molar-refractivity contribution is 7.86. The van der Waals surface area contributed by atoms with Crippen LogP contribution in [0.25, 0.3) is 0 Å². The summed E-state index contributed by atoms with van der Waals surface area (Å²) in [6, 6.07) is 0. The molecule has 0 aliphatic heterocycles. The Labute approximate surface area is 247 Å².